The van der Waals surface area contributed by atoms with Crippen molar-refractivity contribution in [3.05, 3.63) is 74.1 Å². The van der Waals surface area contributed by atoms with E-state index in [0.29, 0.717) is 24.1 Å². The van der Waals surface area contributed by atoms with E-state index in [1.54, 1.807) is 16.7 Å². The van der Waals surface area contributed by atoms with Crippen molar-refractivity contribution in [2.45, 2.75) is 40.2 Å². The van der Waals surface area contributed by atoms with Gasteiger partial charge in [0.1, 0.15) is 5.75 Å². The van der Waals surface area contributed by atoms with Crippen LogP contribution in [0.2, 0.25) is 0 Å². The lowest BCUT2D eigenvalue weighted by atomic mass is 10.1. The predicted octanol–water partition coefficient (Wildman–Crippen LogP) is 3.74. The summed E-state index contributed by atoms with van der Waals surface area (Å²) in [6.07, 6.45) is 1.55. The van der Waals surface area contributed by atoms with Crippen LogP contribution in [0.3, 0.4) is 0 Å². The molecule has 0 aliphatic rings. The molecule has 3 aromatic rings. The van der Waals surface area contributed by atoms with Gasteiger partial charge >= 0.3 is 11.4 Å². The highest BCUT2D eigenvalue weighted by molar-refractivity contribution is 5.80. The van der Waals surface area contributed by atoms with E-state index in [2.05, 4.69) is 6.07 Å². The first-order chi connectivity index (χ1) is 12.5. The third-order valence-corrected chi connectivity index (χ3v) is 4.51. The molecule has 1 heterocycles. The normalized spacial score (nSPS) is 11.0. The van der Waals surface area contributed by atoms with E-state index in [4.69, 9.17) is 9.15 Å². The fourth-order valence-electron chi connectivity index (χ4n) is 3.08. The minimum Gasteiger partial charge on any atom is -0.493 e. The molecule has 0 aliphatic heterocycles. The Morgan fingerprint density at radius 3 is 2.62 bits per heavy atom. The van der Waals surface area contributed by atoms with Crippen LogP contribution in [0.25, 0.3) is 10.9 Å². The van der Waals surface area contributed by atoms with Gasteiger partial charge in [0, 0.05) is 6.54 Å². The first-order valence-electron chi connectivity index (χ1n) is 8.80. The lowest BCUT2D eigenvalue weighted by molar-refractivity contribution is 0.299. The van der Waals surface area contributed by atoms with Gasteiger partial charge in [-0.1, -0.05) is 24.3 Å². The van der Waals surface area contributed by atoms with E-state index in [1.165, 1.54) is 5.56 Å². The number of hydrogen-bond donors (Lipinski definition) is 0. The molecule has 5 nitrogen and oxygen atoms in total. The lowest BCUT2D eigenvalue weighted by Crippen LogP contribution is -2.25. The lowest BCUT2D eigenvalue weighted by Gasteiger charge is -2.12. The maximum absolute atomic E-state index is 12.1. The number of benzene rings is 2. The zero-order valence-corrected chi connectivity index (χ0v) is 15.4. The molecule has 0 aliphatic carbocycles. The fourth-order valence-corrected chi connectivity index (χ4v) is 3.08. The van der Waals surface area contributed by atoms with Crippen LogP contribution < -0.4 is 16.1 Å². The molecule has 0 radical (unpaired) electrons. The summed E-state index contributed by atoms with van der Waals surface area (Å²) < 4.78 is 12.3. The molecule has 26 heavy (non-hydrogen) atoms. The largest absolute Gasteiger partial charge is 0.493 e. The minimum atomic E-state index is -0.604. The van der Waals surface area contributed by atoms with Gasteiger partial charge in [-0.15, -0.1) is 0 Å². The smallest absolute Gasteiger partial charge is 0.422 e. The van der Waals surface area contributed by atoms with E-state index in [1.807, 2.05) is 39.0 Å². The Labute approximate surface area is 151 Å². The number of ether oxygens (including phenoxy) is 1. The number of rotatable bonds is 6. The summed E-state index contributed by atoms with van der Waals surface area (Å²) in [5, 5.41) is 0.441. The monoisotopic (exact) mass is 353 g/mol. The van der Waals surface area contributed by atoms with Gasteiger partial charge in [0.25, 0.3) is 0 Å². The summed E-state index contributed by atoms with van der Waals surface area (Å²) in [5.74, 6) is 0.293. The van der Waals surface area contributed by atoms with Crippen molar-refractivity contribution < 1.29 is 9.15 Å². The number of nitrogens with zero attached hydrogens (tertiary/aromatic N) is 1. The minimum absolute atomic E-state index is 0.441. The number of para-hydroxylation sites is 1. The van der Waals surface area contributed by atoms with Crippen molar-refractivity contribution in [1.29, 1.82) is 0 Å². The van der Waals surface area contributed by atoms with Crippen LogP contribution in [0.5, 0.6) is 5.75 Å². The van der Waals surface area contributed by atoms with Crippen LogP contribution >= 0.6 is 0 Å². The van der Waals surface area contributed by atoms with Gasteiger partial charge in [0.15, 0.2) is 0 Å². The molecule has 0 amide bonds. The molecule has 0 spiro atoms. The van der Waals surface area contributed by atoms with E-state index >= 15 is 0 Å². The quantitative estimate of drug-likeness (QED) is 0.634. The zero-order chi connectivity index (χ0) is 18.7. The van der Waals surface area contributed by atoms with E-state index < -0.39 is 11.4 Å². The van der Waals surface area contributed by atoms with Crippen molar-refractivity contribution in [3.63, 3.8) is 0 Å². The van der Waals surface area contributed by atoms with Gasteiger partial charge in [-0.2, -0.15) is 0 Å². The van der Waals surface area contributed by atoms with Crippen LogP contribution in [0.15, 0.2) is 50.4 Å². The summed E-state index contributed by atoms with van der Waals surface area (Å²) in [6.45, 7) is 7.01. The van der Waals surface area contributed by atoms with Crippen LogP contribution in [0, 0.1) is 20.8 Å². The van der Waals surface area contributed by atoms with Gasteiger partial charge in [0.2, 0.25) is 0 Å². The summed E-state index contributed by atoms with van der Waals surface area (Å²) in [7, 11) is 0. The number of hydrogen-bond acceptors (Lipinski definition) is 4. The molecule has 136 valence electrons. The molecule has 5 heteroatoms. The van der Waals surface area contributed by atoms with E-state index in [9.17, 15) is 9.59 Å². The first-order valence-corrected chi connectivity index (χ1v) is 8.80. The molecule has 0 atom stereocenters. The van der Waals surface area contributed by atoms with Crippen LogP contribution in [0.4, 0.5) is 0 Å². The molecule has 2 aromatic carbocycles. The molecule has 0 bridgehead atoms. The Kier molecular flexibility index (Phi) is 5.26. The van der Waals surface area contributed by atoms with Crippen LogP contribution in [-0.2, 0) is 6.54 Å². The third-order valence-electron chi connectivity index (χ3n) is 4.51. The molecular weight excluding hydrogens is 330 g/mol. The summed E-state index contributed by atoms with van der Waals surface area (Å²) in [6, 6.07) is 11.5. The van der Waals surface area contributed by atoms with Crippen molar-refractivity contribution in [3.8, 4) is 5.75 Å². The Hall–Kier alpha value is -2.82. The Balaban J connectivity index is 1.68. The number of fused-ring (bicyclic) bond motifs is 1. The highest BCUT2D eigenvalue weighted by Crippen LogP contribution is 2.19. The topological polar surface area (TPSA) is 61.4 Å². The summed E-state index contributed by atoms with van der Waals surface area (Å²) in [4.78, 5) is 24.0. The number of aromatic nitrogens is 1. The molecule has 0 fully saturated rings. The van der Waals surface area contributed by atoms with Gasteiger partial charge in [-0.3, -0.25) is 4.57 Å². The Morgan fingerprint density at radius 2 is 1.81 bits per heavy atom. The zero-order valence-electron chi connectivity index (χ0n) is 15.4. The SMILES string of the molecule is Cc1ccc(C)c(OCCCCn2c(=O)oc(=O)c3cccc(C)c32)c1. The van der Waals surface area contributed by atoms with Crippen LogP contribution in [-0.4, -0.2) is 11.2 Å². The highest BCUT2D eigenvalue weighted by atomic mass is 16.5. The summed E-state index contributed by atoms with van der Waals surface area (Å²) >= 11 is 0. The predicted molar refractivity (Wildman–Crippen MR) is 102 cm³/mol. The standard InChI is InChI=1S/C21H23NO4/c1-14-9-10-15(2)18(13-14)25-12-5-4-11-22-19-16(3)7-6-8-17(19)20(23)26-21(22)24/h6-10,13H,4-5,11-12H2,1-3H3. The second-order valence-corrected chi connectivity index (χ2v) is 6.60. The van der Waals surface area contributed by atoms with Gasteiger partial charge in [-0.05, 0) is 62.4 Å². The van der Waals surface area contributed by atoms with Gasteiger partial charge < -0.3 is 9.15 Å². The van der Waals surface area contributed by atoms with E-state index in [-0.39, 0.29) is 0 Å². The van der Waals surface area contributed by atoms with E-state index in [0.717, 1.165) is 29.7 Å². The Morgan fingerprint density at radius 1 is 1.00 bits per heavy atom. The molecule has 0 N–H and O–H groups in total. The van der Waals surface area contributed by atoms with Crippen LogP contribution in [0.1, 0.15) is 29.5 Å². The van der Waals surface area contributed by atoms with Crippen molar-refractivity contribution >= 4 is 10.9 Å². The molecule has 0 unspecified atom stereocenters. The maximum atomic E-state index is 12.1. The molecule has 1 aromatic heterocycles. The summed E-state index contributed by atoms with van der Waals surface area (Å²) in [5.41, 5.74) is 3.24. The average molecular weight is 353 g/mol. The average Bonchev–Trinajstić information content (AvgIpc) is 2.60. The molecule has 0 saturated heterocycles. The molecule has 0 saturated carbocycles. The maximum Gasteiger partial charge on any atom is 0.422 e. The van der Waals surface area contributed by atoms with Crippen molar-refractivity contribution in [1.82, 2.24) is 4.57 Å². The van der Waals surface area contributed by atoms with Crippen molar-refractivity contribution in [2.75, 3.05) is 6.61 Å². The first kappa shape index (κ1) is 18.0. The Bertz CT molecular complexity index is 1050. The third kappa shape index (κ3) is 3.72. The van der Waals surface area contributed by atoms with Crippen molar-refractivity contribution in [2.24, 2.45) is 0 Å². The molecule has 3 rings (SSSR count). The second kappa shape index (κ2) is 7.60. The molecular formula is C21H23NO4. The highest BCUT2D eigenvalue weighted by Gasteiger charge is 2.11. The second-order valence-electron chi connectivity index (χ2n) is 6.60. The van der Waals surface area contributed by atoms with Gasteiger partial charge in [-0.25, -0.2) is 9.59 Å². The number of unbranched alkanes of at least 4 members (excludes halogenated alkanes) is 1. The fraction of sp³-hybridized carbons (Fsp3) is 0.333. The number of aryl methyl sites for hydroxylation is 4. The van der Waals surface area contributed by atoms with Gasteiger partial charge in [0.05, 0.1) is 17.5 Å².